The fourth-order valence-corrected chi connectivity index (χ4v) is 4.53. The first-order valence-electron chi connectivity index (χ1n) is 10.3. The summed E-state index contributed by atoms with van der Waals surface area (Å²) in [7, 11) is 1.55. The maximum absolute atomic E-state index is 13.2. The highest BCUT2D eigenvalue weighted by Crippen LogP contribution is 2.34. The Morgan fingerprint density at radius 1 is 1.21 bits per heavy atom. The number of nitrogens with one attached hydrogen (secondary N) is 1. The summed E-state index contributed by atoms with van der Waals surface area (Å²) in [5.41, 5.74) is 6.68. The van der Waals surface area contributed by atoms with Crippen LogP contribution >= 0.6 is 11.3 Å². The number of amides is 2. The molecule has 0 spiro atoms. The van der Waals surface area contributed by atoms with Crippen molar-refractivity contribution in [1.82, 2.24) is 10.3 Å². The molecule has 0 saturated heterocycles. The molecule has 11 heteroatoms. The van der Waals surface area contributed by atoms with E-state index in [0.29, 0.717) is 22.0 Å². The zero-order valence-corrected chi connectivity index (χ0v) is 19.2. The third-order valence-corrected chi connectivity index (χ3v) is 6.30. The third-order valence-electron chi connectivity index (χ3n) is 5.29. The monoisotopic (exact) mass is 479 g/mol. The topological polar surface area (TPSA) is 144 Å². The van der Waals surface area contributed by atoms with Crippen LogP contribution in [0.3, 0.4) is 0 Å². The summed E-state index contributed by atoms with van der Waals surface area (Å²) in [6.45, 7) is 1.50. The lowest BCUT2D eigenvalue weighted by atomic mass is 10.0. The summed E-state index contributed by atoms with van der Waals surface area (Å²) >= 11 is 1.24. The van der Waals surface area contributed by atoms with Crippen molar-refractivity contribution in [3.63, 3.8) is 0 Å². The number of hydrogen-bond acceptors (Lipinski definition) is 9. The molecule has 1 aliphatic heterocycles. The number of nitrogens with zero attached hydrogens (tertiary/aromatic N) is 3. The molecule has 10 nitrogen and oxygen atoms in total. The van der Waals surface area contributed by atoms with Crippen LogP contribution in [0.1, 0.15) is 12.5 Å². The van der Waals surface area contributed by atoms with Gasteiger partial charge in [-0.2, -0.15) is 5.10 Å². The number of hydrazone groups is 1. The van der Waals surface area contributed by atoms with Gasteiger partial charge in [-0.05, 0) is 30.7 Å². The average Bonchev–Trinajstić information content (AvgIpc) is 3.38. The largest absolute Gasteiger partial charge is 0.497 e. The predicted octanol–water partition coefficient (Wildman–Crippen LogP) is 1.22. The number of hydrogen-bond donors (Lipinski definition) is 2. The molecule has 0 bridgehead atoms. The molecule has 3 aromatic rings. The van der Waals surface area contributed by atoms with Crippen molar-refractivity contribution >= 4 is 55.8 Å². The van der Waals surface area contributed by atoms with Crippen molar-refractivity contribution in [3.8, 4) is 5.75 Å². The van der Waals surface area contributed by atoms with Gasteiger partial charge in [0.2, 0.25) is 16.7 Å². The van der Waals surface area contributed by atoms with Gasteiger partial charge in [-0.3, -0.25) is 19.2 Å². The minimum absolute atomic E-state index is 0.0377. The van der Waals surface area contributed by atoms with Crippen LogP contribution < -0.4 is 20.8 Å². The van der Waals surface area contributed by atoms with E-state index in [1.165, 1.54) is 23.3 Å². The zero-order chi connectivity index (χ0) is 24.4. The molecule has 34 heavy (non-hydrogen) atoms. The molecule has 1 unspecified atom stereocenters. The van der Waals surface area contributed by atoms with E-state index >= 15 is 0 Å². The summed E-state index contributed by atoms with van der Waals surface area (Å²) in [5, 5.41) is 8.32. The molecular weight excluding hydrogens is 458 g/mol. The van der Waals surface area contributed by atoms with E-state index in [2.05, 4.69) is 15.4 Å². The highest BCUT2D eigenvalue weighted by atomic mass is 32.1. The molecule has 0 aliphatic carbocycles. The predicted molar refractivity (Wildman–Crippen MR) is 127 cm³/mol. The van der Waals surface area contributed by atoms with Crippen LogP contribution in [0.5, 0.6) is 5.75 Å². The number of carbonyl (C=O) groups excluding carboxylic acids is 4. The van der Waals surface area contributed by atoms with Gasteiger partial charge < -0.3 is 15.8 Å². The number of ketones is 2. The van der Waals surface area contributed by atoms with E-state index in [9.17, 15) is 19.2 Å². The van der Waals surface area contributed by atoms with Crippen molar-refractivity contribution in [1.29, 1.82) is 0 Å². The molecule has 2 heterocycles. The minimum Gasteiger partial charge on any atom is -0.497 e. The van der Waals surface area contributed by atoms with Gasteiger partial charge in [0.25, 0.3) is 11.8 Å². The molecular formula is C23H21N5O5S. The van der Waals surface area contributed by atoms with E-state index in [4.69, 9.17) is 10.5 Å². The Morgan fingerprint density at radius 3 is 2.62 bits per heavy atom. The molecule has 2 aromatic carbocycles. The van der Waals surface area contributed by atoms with Gasteiger partial charge in [-0.25, -0.2) is 9.99 Å². The first kappa shape index (κ1) is 23.1. The van der Waals surface area contributed by atoms with Crippen molar-refractivity contribution in [2.45, 2.75) is 25.4 Å². The molecule has 0 radical (unpaired) electrons. The Labute approximate surface area is 198 Å². The second kappa shape index (κ2) is 9.40. The first-order valence-corrected chi connectivity index (χ1v) is 11.1. The lowest BCUT2D eigenvalue weighted by Crippen LogP contribution is -2.54. The zero-order valence-electron chi connectivity index (χ0n) is 18.3. The van der Waals surface area contributed by atoms with Gasteiger partial charge in [-0.15, -0.1) is 0 Å². The van der Waals surface area contributed by atoms with Crippen LogP contribution in [-0.4, -0.2) is 53.3 Å². The van der Waals surface area contributed by atoms with Crippen molar-refractivity contribution in [3.05, 3.63) is 54.1 Å². The number of benzene rings is 2. The summed E-state index contributed by atoms with van der Waals surface area (Å²) in [6.07, 6.45) is 0.0377. The Kier molecular flexibility index (Phi) is 6.37. The molecule has 1 aliphatic rings. The number of methoxy groups -OCH3 is 1. The fraction of sp³-hybridized carbons (Fsp3) is 0.217. The number of rotatable bonds is 8. The number of ether oxygens (including phenoxy) is 1. The molecule has 174 valence electrons. The second-order valence-electron chi connectivity index (χ2n) is 7.61. The van der Waals surface area contributed by atoms with Crippen LogP contribution in [0.25, 0.3) is 10.2 Å². The van der Waals surface area contributed by atoms with Crippen LogP contribution in [-0.2, 0) is 25.6 Å². The summed E-state index contributed by atoms with van der Waals surface area (Å²) in [5.74, 6) is -2.80. The maximum atomic E-state index is 13.2. The van der Waals surface area contributed by atoms with E-state index in [1.807, 2.05) is 0 Å². The summed E-state index contributed by atoms with van der Waals surface area (Å²) < 4.78 is 6.02. The van der Waals surface area contributed by atoms with Crippen LogP contribution in [0, 0.1) is 0 Å². The van der Waals surface area contributed by atoms with Crippen molar-refractivity contribution in [2.75, 3.05) is 12.1 Å². The highest BCUT2D eigenvalue weighted by molar-refractivity contribution is 7.22. The fourth-order valence-electron chi connectivity index (χ4n) is 3.56. The average molecular weight is 480 g/mol. The molecule has 2 atom stereocenters. The third kappa shape index (κ3) is 4.50. The number of fused-ring (bicyclic) bond motifs is 1. The number of anilines is 1. The smallest absolute Gasteiger partial charge is 0.287 e. The summed E-state index contributed by atoms with van der Waals surface area (Å²) in [4.78, 5) is 54.6. The van der Waals surface area contributed by atoms with Crippen molar-refractivity contribution in [2.24, 2.45) is 10.8 Å². The number of aromatic nitrogens is 1. The maximum Gasteiger partial charge on any atom is 0.287 e. The number of nitrogens with two attached hydrogens (primary N) is 1. The van der Waals surface area contributed by atoms with Crippen LogP contribution in [0.4, 0.5) is 5.13 Å². The molecule has 3 N–H and O–H groups in total. The van der Waals surface area contributed by atoms with E-state index in [0.717, 1.165) is 4.70 Å². The quantitative estimate of drug-likeness (QED) is 0.365. The number of carbonyl (C=O) groups is 4. The lowest BCUT2D eigenvalue weighted by molar-refractivity contribution is -0.138. The normalized spacial score (nSPS) is 16.3. The standard InChI is InChI=1S/C23H21N5O5S/c1-12-19(29)18(28(27-12)23-26-15-9-8-14(33-2)11-17(15)34-23)22(32)25-16(20(30)21(24)31)10-13-6-4-3-5-7-13/h3-9,11,16,18H,10H2,1-2H3,(H2,24,31)(H,25,32)/t16?,18-/m0/s1. The van der Waals surface area contributed by atoms with Gasteiger partial charge in [-0.1, -0.05) is 41.7 Å². The number of thiazole rings is 1. The van der Waals surface area contributed by atoms with Crippen LogP contribution in [0.15, 0.2) is 53.6 Å². The Balaban J connectivity index is 1.62. The number of primary amides is 1. The second-order valence-corrected chi connectivity index (χ2v) is 8.62. The Bertz CT molecular complexity index is 1320. The molecule has 0 fully saturated rings. The lowest BCUT2D eigenvalue weighted by Gasteiger charge is -2.22. The van der Waals surface area contributed by atoms with E-state index in [-0.39, 0.29) is 12.1 Å². The van der Waals surface area contributed by atoms with Gasteiger partial charge in [0.05, 0.1) is 17.3 Å². The van der Waals surface area contributed by atoms with E-state index < -0.39 is 35.5 Å². The molecule has 4 rings (SSSR count). The highest BCUT2D eigenvalue weighted by Gasteiger charge is 2.43. The SMILES string of the molecule is COc1ccc2nc(N3N=C(C)C(=O)[C@H]3C(=O)NC(Cc3ccccc3)C(=O)C(N)=O)sc2c1. The molecule has 0 saturated carbocycles. The van der Waals surface area contributed by atoms with Crippen molar-refractivity contribution < 1.29 is 23.9 Å². The van der Waals surface area contributed by atoms with Gasteiger partial charge in [0.1, 0.15) is 17.5 Å². The van der Waals surface area contributed by atoms with Gasteiger partial charge >= 0.3 is 0 Å². The van der Waals surface area contributed by atoms with Gasteiger partial charge in [0.15, 0.2) is 6.04 Å². The van der Waals surface area contributed by atoms with E-state index in [1.54, 1.807) is 55.6 Å². The Hall–Kier alpha value is -4.12. The van der Waals surface area contributed by atoms with Crippen LogP contribution in [0.2, 0.25) is 0 Å². The Morgan fingerprint density at radius 2 is 1.94 bits per heavy atom. The summed E-state index contributed by atoms with van der Waals surface area (Å²) in [6, 6.07) is 11.5. The molecule has 2 amide bonds. The number of Topliss-reactive ketones (excluding diaryl/α,β-unsaturated/α-hetero) is 2. The van der Waals surface area contributed by atoms with Gasteiger partial charge in [0, 0.05) is 6.42 Å². The first-order chi connectivity index (χ1) is 16.3. The minimum atomic E-state index is -1.37. The molecule has 1 aromatic heterocycles.